The third-order valence-corrected chi connectivity index (χ3v) is 6.23. The van der Waals surface area contributed by atoms with E-state index in [1.807, 2.05) is 57.2 Å². The summed E-state index contributed by atoms with van der Waals surface area (Å²) in [7, 11) is 0. The van der Waals surface area contributed by atoms with Crippen LogP contribution in [-0.2, 0) is 10.2 Å². The first-order valence-corrected chi connectivity index (χ1v) is 12.6. The molecule has 2 N–H and O–H groups in total. The number of amides is 3. The highest BCUT2D eigenvalue weighted by atomic mass is 35.5. The third-order valence-electron chi connectivity index (χ3n) is 5.82. The van der Waals surface area contributed by atoms with Crippen molar-refractivity contribution in [2.75, 3.05) is 23.7 Å². The van der Waals surface area contributed by atoms with Crippen LogP contribution < -0.4 is 10.6 Å². The van der Waals surface area contributed by atoms with Gasteiger partial charge in [-0.3, -0.25) is 4.79 Å². The van der Waals surface area contributed by atoms with Crippen LogP contribution in [0.3, 0.4) is 0 Å². The van der Waals surface area contributed by atoms with E-state index in [0.717, 1.165) is 35.3 Å². The summed E-state index contributed by atoms with van der Waals surface area (Å²) in [5.41, 5.74) is 4.13. The molecule has 0 atom stereocenters. The van der Waals surface area contributed by atoms with Crippen molar-refractivity contribution in [1.29, 1.82) is 0 Å². The number of hydrogen-bond acceptors (Lipinski definition) is 3. The van der Waals surface area contributed by atoms with E-state index in [1.165, 1.54) is 4.90 Å². The van der Waals surface area contributed by atoms with Crippen LogP contribution in [0, 0.1) is 13.8 Å². The zero-order valence-electron chi connectivity index (χ0n) is 22.0. The molecule has 36 heavy (non-hydrogen) atoms. The Kier molecular flexibility index (Phi) is 8.79. The first-order valence-electron chi connectivity index (χ1n) is 12.3. The molecule has 0 radical (unpaired) electrons. The molecule has 1 heterocycles. The average molecular weight is 510 g/mol. The van der Waals surface area contributed by atoms with Crippen LogP contribution in [0.15, 0.2) is 48.5 Å². The van der Waals surface area contributed by atoms with Crippen LogP contribution in [0.4, 0.5) is 16.3 Å². The zero-order chi connectivity index (χ0) is 26.5. The molecule has 0 aliphatic carbocycles. The van der Waals surface area contributed by atoms with Crippen LogP contribution in [0.2, 0.25) is 5.02 Å². The topological polar surface area (TPSA) is 79.3 Å². The lowest BCUT2D eigenvalue weighted by atomic mass is 9.92. The van der Waals surface area contributed by atoms with Crippen molar-refractivity contribution in [3.8, 4) is 5.69 Å². The Morgan fingerprint density at radius 1 is 1.06 bits per heavy atom. The highest BCUT2D eigenvalue weighted by Crippen LogP contribution is 2.27. The van der Waals surface area contributed by atoms with Crippen molar-refractivity contribution in [2.45, 2.75) is 59.8 Å². The third kappa shape index (κ3) is 7.10. The smallest absolute Gasteiger partial charge is 0.315 e. The maximum atomic E-state index is 13.2. The van der Waals surface area contributed by atoms with E-state index >= 15 is 0 Å². The number of carbonyl (C=O) groups is 2. The summed E-state index contributed by atoms with van der Waals surface area (Å²) in [6.07, 6.45) is 1.68. The van der Waals surface area contributed by atoms with E-state index in [2.05, 4.69) is 31.4 Å². The molecule has 7 nitrogen and oxygen atoms in total. The second-order valence-electron chi connectivity index (χ2n) is 10.1. The SMILES string of the molecule is CCCCN(CC(=O)Nc1cc(C(C)(C)C)nn1-c1cccc(C)c1)C(=O)Nc1ccc(C)c(Cl)c1. The molecular weight excluding hydrogens is 474 g/mol. The lowest BCUT2D eigenvalue weighted by Gasteiger charge is -2.23. The monoisotopic (exact) mass is 509 g/mol. The maximum Gasteiger partial charge on any atom is 0.322 e. The highest BCUT2D eigenvalue weighted by Gasteiger charge is 2.23. The number of aromatic nitrogens is 2. The molecular formula is C28H36ClN5O2. The number of rotatable bonds is 8. The van der Waals surface area contributed by atoms with Gasteiger partial charge in [-0.15, -0.1) is 0 Å². The lowest BCUT2D eigenvalue weighted by molar-refractivity contribution is -0.116. The Morgan fingerprint density at radius 2 is 1.81 bits per heavy atom. The van der Waals surface area contributed by atoms with E-state index in [4.69, 9.17) is 16.7 Å². The number of aryl methyl sites for hydroxylation is 2. The van der Waals surface area contributed by atoms with Crippen molar-refractivity contribution in [3.63, 3.8) is 0 Å². The highest BCUT2D eigenvalue weighted by molar-refractivity contribution is 6.31. The summed E-state index contributed by atoms with van der Waals surface area (Å²) < 4.78 is 1.75. The van der Waals surface area contributed by atoms with Crippen LogP contribution in [0.5, 0.6) is 0 Å². The van der Waals surface area contributed by atoms with Crippen molar-refractivity contribution in [2.24, 2.45) is 0 Å². The number of carbonyl (C=O) groups excluding carboxylic acids is 2. The molecule has 1 aromatic heterocycles. The van der Waals surface area contributed by atoms with Crippen molar-refractivity contribution in [1.82, 2.24) is 14.7 Å². The maximum absolute atomic E-state index is 13.2. The van der Waals surface area contributed by atoms with Gasteiger partial charge in [-0.25, -0.2) is 9.48 Å². The fourth-order valence-corrected chi connectivity index (χ4v) is 3.80. The van der Waals surface area contributed by atoms with Crippen LogP contribution >= 0.6 is 11.6 Å². The fraction of sp³-hybridized carbons (Fsp3) is 0.393. The second-order valence-corrected chi connectivity index (χ2v) is 10.5. The van der Waals surface area contributed by atoms with Gasteiger partial charge in [-0.1, -0.05) is 63.9 Å². The molecule has 0 aliphatic rings. The summed E-state index contributed by atoms with van der Waals surface area (Å²) in [6, 6.07) is 14.8. The molecule has 8 heteroatoms. The van der Waals surface area contributed by atoms with Crippen LogP contribution in [-0.4, -0.2) is 39.7 Å². The molecule has 0 saturated heterocycles. The number of nitrogens with one attached hydrogen (secondary N) is 2. The molecule has 3 aromatic rings. The van der Waals surface area contributed by atoms with Crippen molar-refractivity contribution in [3.05, 3.63) is 70.4 Å². The summed E-state index contributed by atoms with van der Waals surface area (Å²) in [6.45, 7) is 12.6. The predicted molar refractivity (Wildman–Crippen MR) is 147 cm³/mol. The Labute approximate surface area is 218 Å². The van der Waals surface area contributed by atoms with Gasteiger partial charge in [0.25, 0.3) is 0 Å². The Balaban J connectivity index is 1.81. The van der Waals surface area contributed by atoms with E-state index in [9.17, 15) is 9.59 Å². The average Bonchev–Trinajstić information content (AvgIpc) is 3.23. The van der Waals surface area contributed by atoms with Gasteiger partial charge in [0.15, 0.2) is 0 Å². The largest absolute Gasteiger partial charge is 0.322 e. The Morgan fingerprint density at radius 3 is 2.44 bits per heavy atom. The van der Waals surface area contributed by atoms with E-state index in [0.29, 0.717) is 23.1 Å². The van der Waals surface area contributed by atoms with Crippen LogP contribution in [0.1, 0.15) is 57.4 Å². The first-order chi connectivity index (χ1) is 17.0. The molecule has 0 bridgehead atoms. The van der Waals surface area contributed by atoms with Gasteiger partial charge < -0.3 is 15.5 Å². The molecule has 2 aromatic carbocycles. The van der Waals surface area contributed by atoms with Crippen molar-refractivity contribution >= 4 is 35.0 Å². The number of benzene rings is 2. The predicted octanol–water partition coefficient (Wildman–Crippen LogP) is 6.71. The number of nitrogens with zero attached hydrogens (tertiary/aromatic N) is 3. The molecule has 3 amide bonds. The quantitative estimate of drug-likeness (QED) is 0.354. The van der Waals surface area contributed by atoms with Gasteiger partial charge in [0, 0.05) is 28.7 Å². The minimum Gasteiger partial charge on any atom is -0.315 e. The Hall–Kier alpha value is -3.32. The van der Waals surface area contributed by atoms with Crippen molar-refractivity contribution < 1.29 is 9.59 Å². The summed E-state index contributed by atoms with van der Waals surface area (Å²) >= 11 is 6.21. The fourth-order valence-electron chi connectivity index (χ4n) is 3.62. The molecule has 0 aliphatic heterocycles. The minimum atomic E-state index is -0.346. The molecule has 192 valence electrons. The minimum absolute atomic E-state index is 0.0880. The molecule has 0 saturated carbocycles. The zero-order valence-corrected chi connectivity index (χ0v) is 22.7. The lowest BCUT2D eigenvalue weighted by Crippen LogP contribution is -2.41. The number of anilines is 2. The Bertz CT molecular complexity index is 1230. The number of halogens is 1. The molecule has 0 fully saturated rings. The number of unbranched alkanes of at least 4 members (excludes halogenated alkanes) is 1. The normalized spacial score (nSPS) is 11.3. The summed E-state index contributed by atoms with van der Waals surface area (Å²) in [5.74, 6) is 0.272. The first kappa shape index (κ1) is 27.3. The van der Waals surface area contributed by atoms with Gasteiger partial charge in [-0.2, -0.15) is 5.10 Å². The van der Waals surface area contributed by atoms with E-state index < -0.39 is 0 Å². The summed E-state index contributed by atoms with van der Waals surface area (Å²) in [4.78, 5) is 27.7. The molecule has 0 unspecified atom stereocenters. The van der Waals surface area contributed by atoms with Gasteiger partial charge >= 0.3 is 6.03 Å². The van der Waals surface area contributed by atoms with Crippen LogP contribution in [0.25, 0.3) is 5.69 Å². The van der Waals surface area contributed by atoms with Gasteiger partial charge in [0.05, 0.1) is 11.4 Å². The molecule has 3 rings (SSSR count). The number of urea groups is 1. The van der Waals surface area contributed by atoms with Gasteiger partial charge in [0.1, 0.15) is 12.4 Å². The summed E-state index contributed by atoms with van der Waals surface area (Å²) in [5, 5.41) is 11.2. The van der Waals surface area contributed by atoms with Gasteiger partial charge in [0.2, 0.25) is 5.91 Å². The van der Waals surface area contributed by atoms with E-state index in [1.54, 1.807) is 16.8 Å². The standard InChI is InChI=1S/C28H36ClN5O2/c1-7-8-14-33(27(36)30-21-13-12-20(3)23(29)16-21)18-26(35)31-25-17-24(28(4,5)6)32-34(25)22-11-9-10-19(2)15-22/h9-13,15-17H,7-8,14,18H2,1-6H3,(H,30,36)(H,31,35). The second kappa shape index (κ2) is 11.6. The number of hydrogen-bond donors (Lipinski definition) is 2. The van der Waals surface area contributed by atoms with E-state index in [-0.39, 0.29) is 23.9 Å². The van der Waals surface area contributed by atoms with Gasteiger partial charge in [-0.05, 0) is 55.7 Å². The molecule has 0 spiro atoms.